The Hall–Kier alpha value is -1.72. The Morgan fingerprint density at radius 2 is 1.71 bits per heavy atom. The zero-order valence-corrected chi connectivity index (χ0v) is 19.5. The van der Waals surface area contributed by atoms with Crippen molar-refractivity contribution < 1.29 is 46.3 Å². The Balaban J connectivity index is 2.02. The number of halogens is 5. The SMILES string of the molecule is NC(CO)(CCc1ccc(OCCCc2ccc(F)c(Cl)c2)c(C(F)(F)F)c1)COP(=O)(O)O. The van der Waals surface area contributed by atoms with Crippen molar-refractivity contribution in [2.45, 2.75) is 37.4 Å². The summed E-state index contributed by atoms with van der Waals surface area (Å²) in [6, 6.07) is 7.68. The third kappa shape index (κ3) is 9.14. The van der Waals surface area contributed by atoms with Gasteiger partial charge in [-0.1, -0.05) is 23.7 Å². The Labute approximate surface area is 198 Å². The first-order valence-corrected chi connectivity index (χ1v) is 12.0. The van der Waals surface area contributed by atoms with Crippen molar-refractivity contribution in [2.24, 2.45) is 5.73 Å². The summed E-state index contributed by atoms with van der Waals surface area (Å²) in [6.07, 6.45) is -4.02. The van der Waals surface area contributed by atoms with Crippen molar-refractivity contribution in [2.75, 3.05) is 19.8 Å². The maximum Gasteiger partial charge on any atom is 0.469 e. The lowest BCUT2D eigenvalue weighted by Gasteiger charge is -2.27. The fraction of sp³-hybridized carbons (Fsp3) is 0.429. The van der Waals surface area contributed by atoms with Crippen LogP contribution in [0.25, 0.3) is 0 Å². The molecule has 2 rings (SSSR count). The minimum absolute atomic E-state index is 0.0176. The van der Waals surface area contributed by atoms with E-state index in [2.05, 4.69) is 4.52 Å². The number of ether oxygens (including phenoxy) is 1. The van der Waals surface area contributed by atoms with E-state index in [1.54, 1.807) is 0 Å². The number of phosphoric acid groups is 1. The smallest absolute Gasteiger partial charge is 0.469 e. The van der Waals surface area contributed by atoms with Crippen molar-refractivity contribution >= 4 is 19.4 Å². The third-order valence-electron chi connectivity index (χ3n) is 4.95. The molecule has 0 fully saturated rings. The van der Waals surface area contributed by atoms with E-state index >= 15 is 0 Å². The molecular formula is C21H25ClF4NO6P. The van der Waals surface area contributed by atoms with Crippen molar-refractivity contribution in [1.29, 1.82) is 0 Å². The Kier molecular flexibility index (Phi) is 9.91. The lowest BCUT2D eigenvalue weighted by Crippen LogP contribution is -2.48. The number of hydrogen-bond acceptors (Lipinski definition) is 5. The Bertz CT molecular complexity index is 1020. The molecule has 1 unspecified atom stereocenters. The number of nitrogens with two attached hydrogens (primary N) is 1. The van der Waals surface area contributed by atoms with Gasteiger partial charge in [0.15, 0.2) is 0 Å². The molecule has 5 N–H and O–H groups in total. The van der Waals surface area contributed by atoms with Crippen molar-refractivity contribution in [3.8, 4) is 5.75 Å². The van der Waals surface area contributed by atoms with Gasteiger partial charge in [0, 0.05) is 0 Å². The van der Waals surface area contributed by atoms with Gasteiger partial charge in [0.1, 0.15) is 11.6 Å². The second-order valence-corrected chi connectivity index (χ2v) is 9.46. The van der Waals surface area contributed by atoms with Crippen LogP contribution in [0.1, 0.15) is 29.5 Å². The van der Waals surface area contributed by atoms with E-state index in [-0.39, 0.29) is 35.8 Å². The Morgan fingerprint density at radius 3 is 2.29 bits per heavy atom. The highest BCUT2D eigenvalue weighted by molar-refractivity contribution is 7.46. The number of aliphatic hydroxyl groups is 1. The van der Waals surface area contributed by atoms with Gasteiger partial charge in [-0.05, 0) is 61.1 Å². The molecule has 2 aromatic rings. The summed E-state index contributed by atoms with van der Waals surface area (Å²) in [5.41, 5.74) is 4.26. The summed E-state index contributed by atoms with van der Waals surface area (Å²) >= 11 is 5.71. The molecular weight excluding hydrogens is 505 g/mol. The summed E-state index contributed by atoms with van der Waals surface area (Å²) in [4.78, 5) is 17.6. The zero-order valence-electron chi connectivity index (χ0n) is 17.9. The predicted octanol–water partition coefficient (Wildman–Crippen LogP) is 4.24. The van der Waals surface area contributed by atoms with E-state index in [1.165, 1.54) is 30.3 Å². The molecule has 13 heteroatoms. The molecule has 0 bridgehead atoms. The van der Waals surface area contributed by atoms with E-state index in [0.717, 1.165) is 11.6 Å². The van der Waals surface area contributed by atoms with Crippen LogP contribution < -0.4 is 10.5 Å². The van der Waals surface area contributed by atoms with E-state index in [1.807, 2.05) is 0 Å². The molecule has 34 heavy (non-hydrogen) atoms. The first-order valence-electron chi connectivity index (χ1n) is 10.1. The van der Waals surface area contributed by atoms with Gasteiger partial charge in [-0.15, -0.1) is 0 Å². The highest BCUT2D eigenvalue weighted by Gasteiger charge is 2.35. The first kappa shape index (κ1) is 28.5. The number of benzene rings is 2. The summed E-state index contributed by atoms with van der Waals surface area (Å²) < 4.78 is 74.4. The average molecular weight is 530 g/mol. The van der Waals surface area contributed by atoms with E-state index in [9.17, 15) is 27.2 Å². The Morgan fingerprint density at radius 1 is 1.06 bits per heavy atom. The monoisotopic (exact) mass is 529 g/mol. The number of phosphoric ester groups is 1. The molecule has 0 saturated heterocycles. The maximum atomic E-state index is 13.6. The van der Waals surface area contributed by atoms with Crippen LogP contribution in [0.15, 0.2) is 36.4 Å². The highest BCUT2D eigenvalue weighted by Crippen LogP contribution is 2.38. The molecule has 0 aromatic heterocycles. The van der Waals surface area contributed by atoms with Crippen LogP contribution in [-0.2, 0) is 28.1 Å². The van der Waals surface area contributed by atoms with Crippen LogP contribution in [0.2, 0.25) is 5.02 Å². The van der Waals surface area contributed by atoms with Gasteiger partial charge in [0.2, 0.25) is 0 Å². The number of rotatable bonds is 12. The molecule has 0 heterocycles. The molecule has 190 valence electrons. The summed E-state index contributed by atoms with van der Waals surface area (Å²) in [5, 5.41) is 9.40. The standard InChI is InChI=1S/C21H25ClF4NO6P/c22-17-11-14(3-5-18(17)23)2-1-9-32-19-6-4-15(10-16(19)21(24,25)26)7-8-20(27,12-28)13-33-34(29,30)31/h3-6,10-11,28H,1-2,7-9,12-13,27H2,(H2,29,30,31). The van der Waals surface area contributed by atoms with Crippen LogP contribution in [0.3, 0.4) is 0 Å². The van der Waals surface area contributed by atoms with Gasteiger partial charge < -0.3 is 25.4 Å². The fourth-order valence-corrected chi connectivity index (χ4v) is 3.66. The number of aryl methyl sites for hydroxylation is 2. The van der Waals surface area contributed by atoms with E-state index < -0.39 is 44.1 Å². The molecule has 0 saturated carbocycles. The number of hydrogen-bond donors (Lipinski definition) is 4. The number of aliphatic hydroxyl groups excluding tert-OH is 1. The molecule has 0 aliphatic carbocycles. The summed E-state index contributed by atoms with van der Waals surface area (Å²) in [7, 11) is -4.83. The normalized spacial score (nSPS) is 14.1. The van der Waals surface area contributed by atoms with Crippen LogP contribution in [0, 0.1) is 5.82 Å². The van der Waals surface area contributed by atoms with Gasteiger partial charge in [0.25, 0.3) is 0 Å². The summed E-state index contributed by atoms with van der Waals surface area (Å²) in [5.74, 6) is -0.920. The van der Waals surface area contributed by atoms with E-state index in [4.69, 9.17) is 31.9 Å². The van der Waals surface area contributed by atoms with Gasteiger partial charge >= 0.3 is 14.0 Å². The van der Waals surface area contributed by atoms with Crippen LogP contribution in [0.4, 0.5) is 17.6 Å². The first-order chi connectivity index (χ1) is 15.7. The minimum Gasteiger partial charge on any atom is -0.493 e. The molecule has 0 radical (unpaired) electrons. The van der Waals surface area contributed by atoms with Gasteiger partial charge in [-0.2, -0.15) is 13.2 Å². The van der Waals surface area contributed by atoms with Gasteiger partial charge in [0.05, 0.1) is 35.9 Å². The maximum absolute atomic E-state index is 13.6. The van der Waals surface area contributed by atoms with Crippen molar-refractivity contribution in [3.63, 3.8) is 0 Å². The highest BCUT2D eigenvalue weighted by atomic mass is 35.5. The fourth-order valence-electron chi connectivity index (χ4n) is 3.04. The second kappa shape index (κ2) is 11.8. The molecule has 0 aliphatic rings. The lowest BCUT2D eigenvalue weighted by atomic mass is 9.93. The largest absolute Gasteiger partial charge is 0.493 e. The third-order valence-corrected chi connectivity index (χ3v) is 5.70. The van der Waals surface area contributed by atoms with Gasteiger partial charge in [-0.3, -0.25) is 4.52 Å². The predicted molar refractivity (Wildman–Crippen MR) is 117 cm³/mol. The van der Waals surface area contributed by atoms with Crippen molar-refractivity contribution in [1.82, 2.24) is 0 Å². The molecule has 0 amide bonds. The van der Waals surface area contributed by atoms with E-state index in [0.29, 0.717) is 12.8 Å². The van der Waals surface area contributed by atoms with Crippen LogP contribution in [-0.4, -0.2) is 40.3 Å². The van der Waals surface area contributed by atoms with Crippen LogP contribution >= 0.6 is 19.4 Å². The summed E-state index contributed by atoms with van der Waals surface area (Å²) in [6.45, 7) is -1.40. The molecule has 0 spiro atoms. The second-order valence-electron chi connectivity index (χ2n) is 7.81. The lowest BCUT2D eigenvalue weighted by molar-refractivity contribution is -0.139. The molecule has 0 aliphatic heterocycles. The average Bonchev–Trinajstić information content (AvgIpc) is 2.75. The molecule has 2 aromatic carbocycles. The number of alkyl halides is 3. The minimum atomic E-state index is -4.83. The zero-order chi connectivity index (χ0) is 25.6. The quantitative estimate of drug-likeness (QED) is 0.184. The van der Waals surface area contributed by atoms with Gasteiger partial charge in [-0.25, -0.2) is 8.96 Å². The topological polar surface area (TPSA) is 122 Å². The van der Waals surface area contributed by atoms with Crippen LogP contribution in [0.5, 0.6) is 5.75 Å². The van der Waals surface area contributed by atoms with Crippen molar-refractivity contribution in [3.05, 3.63) is 63.9 Å². The molecule has 7 nitrogen and oxygen atoms in total. The molecule has 1 atom stereocenters.